The summed E-state index contributed by atoms with van der Waals surface area (Å²) in [5.41, 5.74) is 8.70. The minimum absolute atomic E-state index is 0.275. The number of carbonyl (C=O) groups excluding carboxylic acids is 2. The van der Waals surface area contributed by atoms with E-state index < -0.39 is 23.7 Å². The molecule has 0 bridgehead atoms. The Morgan fingerprint density at radius 1 is 1.13 bits per heavy atom. The number of aryl methyl sites for hydroxylation is 1. The topological polar surface area (TPSA) is 109 Å². The molecule has 1 aromatic carbocycles. The van der Waals surface area contributed by atoms with Crippen molar-refractivity contribution in [1.82, 2.24) is 0 Å². The highest BCUT2D eigenvalue weighted by molar-refractivity contribution is 7.15. The molecule has 1 aliphatic carbocycles. The predicted molar refractivity (Wildman–Crippen MR) is 119 cm³/mol. The number of carboxylic acids is 1. The molecule has 160 valence electrons. The van der Waals surface area contributed by atoms with Crippen molar-refractivity contribution in [2.24, 2.45) is 17.6 Å². The van der Waals surface area contributed by atoms with Crippen LogP contribution in [0.25, 0.3) is 11.1 Å². The van der Waals surface area contributed by atoms with Crippen LogP contribution in [-0.4, -0.2) is 22.9 Å². The van der Waals surface area contributed by atoms with Gasteiger partial charge in [0.05, 0.1) is 17.4 Å². The maximum absolute atomic E-state index is 12.8. The van der Waals surface area contributed by atoms with Crippen molar-refractivity contribution in [3.05, 3.63) is 40.8 Å². The zero-order chi connectivity index (χ0) is 21.7. The second kappa shape index (κ2) is 9.89. The van der Waals surface area contributed by atoms with Gasteiger partial charge in [-0.05, 0) is 36.8 Å². The summed E-state index contributed by atoms with van der Waals surface area (Å²) in [6, 6.07) is 8.02. The van der Waals surface area contributed by atoms with E-state index in [1.807, 2.05) is 29.6 Å². The third-order valence-electron chi connectivity index (χ3n) is 5.78. The van der Waals surface area contributed by atoms with Gasteiger partial charge in [0.2, 0.25) is 5.91 Å². The first-order valence-electron chi connectivity index (χ1n) is 10.5. The molecule has 1 heterocycles. The molecule has 1 aromatic heterocycles. The van der Waals surface area contributed by atoms with Crippen LogP contribution < -0.4 is 11.1 Å². The van der Waals surface area contributed by atoms with Crippen LogP contribution in [0.15, 0.2) is 29.6 Å². The molecule has 0 unspecified atom stereocenters. The number of anilines is 1. The SMILES string of the molecule is CCCCc1ccc(-c2csc(NC(=O)[C@@H]3CCCC[C@H]3C(=O)O)c2C(N)=O)cc1. The molecule has 1 aliphatic rings. The molecule has 0 saturated heterocycles. The minimum Gasteiger partial charge on any atom is -0.481 e. The van der Waals surface area contributed by atoms with Crippen LogP contribution in [0.2, 0.25) is 0 Å². The van der Waals surface area contributed by atoms with Crippen LogP contribution >= 0.6 is 11.3 Å². The van der Waals surface area contributed by atoms with E-state index in [4.69, 9.17) is 5.73 Å². The van der Waals surface area contributed by atoms with Crippen molar-refractivity contribution in [1.29, 1.82) is 0 Å². The second-order valence-corrected chi connectivity index (χ2v) is 8.72. The van der Waals surface area contributed by atoms with Crippen LogP contribution in [0, 0.1) is 11.8 Å². The van der Waals surface area contributed by atoms with Gasteiger partial charge in [-0.2, -0.15) is 0 Å². The number of nitrogens with one attached hydrogen (secondary N) is 1. The van der Waals surface area contributed by atoms with Gasteiger partial charge in [-0.15, -0.1) is 11.3 Å². The lowest BCUT2D eigenvalue weighted by molar-refractivity contribution is -0.147. The van der Waals surface area contributed by atoms with E-state index in [1.54, 1.807) is 0 Å². The molecule has 2 atom stereocenters. The third kappa shape index (κ3) is 4.90. The quantitative estimate of drug-likeness (QED) is 0.567. The number of thiophene rings is 1. The average Bonchev–Trinajstić information content (AvgIpc) is 3.16. The Balaban J connectivity index is 1.83. The molecule has 0 radical (unpaired) electrons. The first-order chi connectivity index (χ1) is 14.4. The standard InChI is InChI=1S/C23H28N2O4S/c1-2-3-6-14-9-11-15(12-10-14)18-13-30-22(19(18)20(24)26)25-21(27)16-7-4-5-8-17(16)23(28)29/h9-13,16-17H,2-8H2,1H3,(H2,24,26)(H,25,27)(H,28,29)/t16-,17-/m1/s1. The fraction of sp³-hybridized carbons (Fsp3) is 0.435. The van der Waals surface area contributed by atoms with Crippen LogP contribution in [-0.2, 0) is 16.0 Å². The van der Waals surface area contributed by atoms with E-state index in [0.29, 0.717) is 23.4 Å². The van der Waals surface area contributed by atoms with Crippen molar-refractivity contribution in [3.8, 4) is 11.1 Å². The normalized spacial score (nSPS) is 18.7. The highest BCUT2D eigenvalue weighted by Crippen LogP contribution is 2.37. The Kier molecular flexibility index (Phi) is 7.26. The molecule has 2 amide bonds. The smallest absolute Gasteiger partial charge is 0.307 e. The Labute approximate surface area is 180 Å². The largest absolute Gasteiger partial charge is 0.481 e. The number of aliphatic carboxylic acids is 1. The maximum atomic E-state index is 12.8. The molecule has 2 aromatic rings. The van der Waals surface area contributed by atoms with Gasteiger partial charge in [-0.25, -0.2) is 0 Å². The number of primary amides is 1. The minimum atomic E-state index is -0.944. The lowest BCUT2D eigenvalue weighted by atomic mass is 9.78. The Morgan fingerprint density at radius 2 is 1.80 bits per heavy atom. The molecule has 1 saturated carbocycles. The zero-order valence-electron chi connectivity index (χ0n) is 17.1. The van der Waals surface area contributed by atoms with Crippen molar-refractivity contribution in [2.45, 2.75) is 51.9 Å². The van der Waals surface area contributed by atoms with Crippen molar-refractivity contribution in [2.75, 3.05) is 5.32 Å². The van der Waals surface area contributed by atoms with E-state index >= 15 is 0 Å². The van der Waals surface area contributed by atoms with E-state index in [9.17, 15) is 19.5 Å². The highest BCUT2D eigenvalue weighted by atomic mass is 32.1. The van der Waals surface area contributed by atoms with E-state index in [0.717, 1.165) is 37.7 Å². The molecule has 1 fully saturated rings. The van der Waals surface area contributed by atoms with Gasteiger partial charge in [0, 0.05) is 10.9 Å². The van der Waals surface area contributed by atoms with E-state index in [1.165, 1.54) is 16.9 Å². The fourth-order valence-electron chi connectivity index (χ4n) is 4.08. The van der Waals surface area contributed by atoms with Gasteiger partial charge in [0.1, 0.15) is 5.00 Å². The lowest BCUT2D eigenvalue weighted by Crippen LogP contribution is -2.36. The second-order valence-electron chi connectivity index (χ2n) is 7.84. The molecule has 7 heteroatoms. The van der Waals surface area contributed by atoms with Gasteiger partial charge in [-0.1, -0.05) is 50.5 Å². The van der Waals surface area contributed by atoms with E-state index in [2.05, 4.69) is 12.2 Å². The molecule has 4 N–H and O–H groups in total. The third-order valence-corrected chi connectivity index (χ3v) is 6.67. The first-order valence-corrected chi connectivity index (χ1v) is 11.3. The number of hydrogen-bond acceptors (Lipinski definition) is 4. The summed E-state index contributed by atoms with van der Waals surface area (Å²) in [5.74, 6) is -3.20. The fourth-order valence-corrected chi connectivity index (χ4v) is 5.06. The number of unbranched alkanes of at least 4 members (excludes halogenated alkanes) is 1. The predicted octanol–water partition coefficient (Wildman–Crippen LogP) is 4.69. The van der Waals surface area contributed by atoms with Gasteiger partial charge in [0.15, 0.2) is 0 Å². The summed E-state index contributed by atoms with van der Waals surface area (Å²) < 4.78 is 0. The van der Waals surface area contributed by atoms with Crippen molar-refractivity contribution in [3.63, 3.8) is 0 Å². The Hall–Kier alpha value is -2.67. The van der Waals surface area contributed by atoms with Crippen molar-refractivity contribution >= 4 is 34.1 Å². The van der Waals surface area contributed by atoms with Gasteiger partial charge < -0.3 is 16.2 Å². The molecule has 3 rings (SSSR count). The Bertz CT molecular complexity index is 920. The number of carbonyl (C=O) groups is 3. The molecule has 6 nitrogen and oxygen atoms in total. The summed E-state index contributed by atoms with van der Waals surface area (Å²) in [6.45, 7) is 2.15. The number of hydrogen-bond donors (Lipinski definition) is 3. The van der Waals surface area contributed by atoms with Gasteiger partial charge in [0.25, 0.3) is 5.91 Å². The van der Waals surface area contributed by atoms with Crippen LogP contribution in [0.4, 0.5) is 5.00 Å². The summed E-state index contributed by atoms with van der Waals surface area (Å²) in [6.07, 6.45) is 5.93. The monoisotopic (exact) mass is 428 g/mol. The summed E-state index contributed by atoms with van der Waals surface area (Å²) in [5, 5.41) is 14.4. The lowest BCUT2D eigenvalue weighted by Gasteiger charge is -2.27. The van der Waals surface area contributed by atoms with Crippen LogP contribution in [0.5, 0.6) is 0 Å². The van der Waals surface area contributed by atoms with Crippen LogP contribution in [0.1, 0.15) is 61.4 Å². The number of rotatable bonds is 8. The molecule has 0 aliphatic heterocycles. The van der Waals surface area contributed by atoms with Gasteiger partial charge in [-0.3, -0.25) is 14.4 Å². The van der Waals surface area contributed by atoms with E-state index in [-0.39, 0.29) is 11.5 Å². The average molecular weight is 429 g/mol. The van der Waals surface area contributed by atoms with Crippen molar-refractivity contribution < 1.29 is 19.5 Å². The Morgan fingerprint density at radius 3 is 2.40 bits per heavy atom. The number of benzene rings is 1. The van der Waals surface area contributed by atoms with Crippen LogP contribution in [0.3, 0.4) is 0 Å². The number of carboxylic acid groups (broad SMARTS) is 1. The number of nitrogens with two attached hydrogens (primary N) is 1. The highest BCUT2D eigenvalue weighted by Gasteiger charge is 2.36. The molecule has 0 spiro atoms. The van der Waals surface area contributed by atoms with Gasteiger partial charge >= 0.3 is 5.97 Å². The molecular formula is C23H28N2O4S. The zero-order valence-corrected chi connectivity index (χ0v) is 18.0. The molecule has 30 heavy (non-hydrogen) atoms. The number of amides is 2. The summed E-state index contributed by atoms with van der Waals surface area (Å²) in [7, 11) is 0. The summed E-state index contributed by atoms with van der Waals surface area (Å²) in [4.78, 5) is 36.6. The summed E-state index contributed by atoms with van der Waals surface area (Å²) >= 11 is 1.24. The first kappa shape index (κ1) is 22.0. The maximum Gasteiger partial charge on any atom is 0.307 e. The molecular weight excluding hydrogens is 400 g/mol.